The standard InChI is InChI=1S/C28H25ClFNO5S/c1-4-35-28(32)19-6-5-7-22(14-19)31-18(2)8-12-26(31)24-16-23(37(3,33)34)11-13-27(24)36-17-20-9-10-21(30)15-25(20)29/h5-16H,4,17H2,1-3H3. The molecule has 3 aromatic carbocycles. The van der Waals surface area contributed by atoms with Crippen molar-refractivity contribution in [1.29, 1.82) is 0 Å². The fraction of sp³-hybridized carbons (Fsp3) is 0.179. The van der Waals surface area contributed by atoms with Crippen molar-refractivity contribution in [2.24, 2.45) is 0 Å². The highest BCUT2D eigenvalue weighted by molar-refractivity contribution is 7.90. The zero-order chi connectivity index (χ0) is 26.7. The van der Waals surface area contributed by atoms with Crippen molar-refractivity contribution in [2.45, 2.75) is 25.3 Å². The summed E-state index contributed by atoms with van der Waals surface area (Å²) in [5.74, 6) is -0.478. The van der Waals surface area contributed by atoms with Crippen LogP contribution in [0.5, 0.6) is 5.75 Å². The number of rotatable bonds is 8. The number of nitrogens with zero attached hydrogens (tertiary/aromatic N) is 1. The van der Waals surface area contributed by atoms with Gasteiger partial charge in [-0.25, -0.2) is 17.6 Å². The quantitative estimate of drug-likeness (QED) is 0.241. The van der Waals surface area contributed by atoms with E-state index in [0.717, 1.165) is 11.9 Å². The summed E-state index contributed by atoms with van der Waals surface area (Å²) in [4.78, 5) is 12.5. The van der Waals surface area contributed by atoms with E-state index in [1.54, 1.807) is 37.3 Å². The van der Waals surface area contributed by atoms with Crippen LogP contribution in [0.25, 0.3) is 16.9 Å². The highest BCUT2D eigenvalue weighted by Gasteiger charge is 2.19. The molecule has 1 heterocycles. The van der Waals surface area contributed by atoms with Crippen LogP contribution in [-0.4, -0.2) is 31.8 Å². The SMILES string of the molecule is CCOC(=O)c1cccc(-n2c(C)ccc2-c2cc(S(C)(=O)=O)ccc2OCc2ccc(F)cc2Cl)c1. The Morgan fingerprint density at radius 2 is 1.81 bits per heavy atom. The van der Waals surface area contributed by atoms with Crippen molar-refractivity contribution in [3.05, 3.63) is 100 Å². The number of carbonyl (C=O) groups is 1. The first-order chi connectivity index (χ1) is 17.6. The zero-order valence-corrected chi connectivity index (χ0v) is 22.1. The van der Waals surface area contributed by atoms with Gasteiger partial charge in [0.1, 0.15) is 18.2 Å². The lowest BCUT2D eigenvalue weighted by molar-refractivity contribution is 0.0526. The van der Waals surface area contributed by atoms with Crippen molar-refractivity contribution < 1.29 is 27.1 Å². The van der Waals surface area contributed by atoms with Gasteiger partial charge in [0.2, 0.25) is 0 Å². The van der Waals surface area contributed by atoms with Gasteiger partial charge >= 0.3 is 5.97 Å². The summed E-state index contributed by atoms with van der Waals surface area (Å²) in [5.41, 5.74) is 3.70. The largest absolute Gasteiger partial charge is 0.488 e. The first-order valence-corrected chi connectivity index (χ1v) is 13.7. The van der Waals surface area contributed by atoms with Gasteiger partial charge in [0, 0.05) is 28.8 Å². The van der Waals surface area contributed by atoms with Gasteiger partial charge in [-0.15, -0.1) is 0 Å². The van der Waals surface area contributed by atoms with E-state index in [-0.39, 0.29) is 23.1 Å². The summed E-state index contributed by atoms with van der Waals surface area (Å²) in [5, 5.41) is 0.226. The Morgan fingerprint density at radius 1 is 1.03 bits per heavy atom. The van der Waals surface area contributed by atoms with E-state index in [1.807, 2.05) is 29.7 Å². The molecule has 0 amide bonds. The van der Waals surface area contributed by atoms with Crippen LogP contribution >= 0.6 is 11.6 Å². The third-order valence-electron chi connectivity index (χ3n) is 5.74. The third-order valence-corrected chi connectivity index (χ3v) is 7.21. The fourth-order valence-electron chi connectivity index (χ4n) is 3.94. The maximum atomic E-state index is 13.5. The molecule has 0 spiro atoms. The van der Waals surface area contributed by atoms with Crippen molar-refractivity contribution in [1.82, 2.24) is 4.57 Å². The molecule has 0 unspecified atom stereocenters. The minimum absolute atomic E-state index is 0.0440. The number of ether oxygens (including phenoxy) is 2. The number of aromatic nitrogens is 1. The van der Waals surface area contributed by atoms with Gasteiger partial charge < -0.3 is 14.0 Å². The lowest BCUT2D eigenvalue weighted by Gasteiger charge is -2.17. The molecule has 1 aromatic heterocycles. The summed E-state index contributed by atoms with van der Waals surface area (Å²) in [6.45, 7) is 3.95. The maximum absolute atomic E-state index is 13.5. The molecule has 4 aromatic rings. The van der Waals surface area contributed by atoms with E-state index in [4.69, 9.17) is 21.1 Å². The van der Waals surface area contributed by atoms with Crippen molar-refractivity contribution >= 4 is 27.4 Å². The second-order valence-corrected chi connectivity index (χ2v) is 10.8. The van der Waals surface area contributed by atoms with Crippen LogP contribution in [-0.2, 0) is 21.2 Å². The molecule has 0 saturated carbocycles. The summed E-state index contributed by atoms with van der Waals surface area (Å²) in [6, 6.07) is 19.4. The minimum atomic E-state index is -3.51. The molecule has 0 fully saturated rings. The predicted molar refractivity (Wildman–Crippen MR) is 141 cm³/mol. The average molecular weight is 542 g/mol. The average Bonchev–Trinajstić information content (AvgIpc) is 3.24. The Kier molecular flexibility index (Phi) is 7.71. The van der Waals surface area contributed by atoms with Gasteiger partial charge in [-0.1, -0.05) is 23.7 Å². The third kappa shape index (κ3) is 5.87. The normalized spacial score (nSPS) is 11.4. The van der Waals surface area contributed by atoms with Gasteiger partial charge in [0.05, 0.1) is 27.8 Å². The summed E-state index contributed by atoms with van der Waals surface area (Å²) >= 11 is 6.17. The number of hydrogen-bond acceptors (Lipinski definition) is 5. The monoisotopic (exact) mass is 541 g/mol. The Labute approximate surface area is 220 Å². The van der Waals surface area contributed by atoms with E-state index < -0.39 is 21.6 Å². The van der Waals surface area contributed by atoms with Crippen LogP contribution in [0, 0.1) is 12.7 Å². The Balaban J connectivity index is 1.82. The van der Waals surface area contributed by atoms with Gasteiger partial charge in [-0.2, -0.15) is 0 Å². The molecular formula is C28H25ClFNO5S. The lowest BCUT2D eigenvalue weighted by Crippen LogP contribution is -2.07. The molecule has 0 bridgehead atoms. The van der Waals surface area contributed by atoms with Crippen molar-refractivity contribution in [2.75, 3.05) is 12.9 Å². The zero-order valence-electron chi connectivity index (χ0n) is 20.5. The lowest BCUT2D eigenvalue weighted by atomic mass is 10.1. The second kappa shape index (κ2) is 10.8. The van der Waals surface area contributed by atoms with Gasteiger partial charge in [-0.3, -0.25) is 0 Å². The molecule has 0 aliphatic rings. The van der Waals surface area contributed by atoms with Gasteiger partial charge in [0.25, 0.3) is 0 Å². The van der Waals surface area contributed by atoms with Crippen LogP contribution in [0.4, 0.5) is 4.39 Å². The number of aryl methyl sites for hydroxylation is 1. The highest BCUT2D eigenvalue weighted by atomic mass is 35.5. The Bertz CT molecular complexity index is 1580. The molecule has 0 aliphatic carbocycles. The van der Waals surface area contributed by atoms with Crippen LogP contribution in [0.2, 0.25) is 5.02 Å². The van der Waals surface area contributed by atoms with Crippen molar-refractivity contribution in [3.63, 3.8) is 0 Å². The number of hydrogen-bond donors (Lipinski definition) is 0. The molecular weight excluding hydrogens is 517 g/mol. The molecule has 4 rings (SSSR count). The fourth-order valence-corrected chi connectivity index (χ4v) is 4.81. The number of halogens is 2. The van der Waals surface area contributed by atoms with Crippen LogP contribution in [0.15, 0.2) is 77.7 Å². The number of esters is 1. The van der Waals surface area contributed by atoms with Crippen LogP contribution < -0.4 is 4.74 Å². The molecule has 0 atom stereocenters. The molecule has 6 nitrogen and oxygen atoms in total. The number of benzene rings is 3. The Morgan fingerprint density at radius 3 is 2.51 bits per heavy atom. The predicted octanol–water partition coefficient (Wildman–Crippen LogP) is 6.40. The first-order valence-electron chi connectivity index (χ1n) is 11.5. The van der Waals surface area contributed by atoms with E-state index in [0.29, 0.717) is 33.8 Å². The van der Waals surface area contributed by atoms with Crippen LogP contribution in [0.1, 0.15) is 28.5 Å². The summed E-state index contributed by atoms with van der Waals surface area (Å²) in [7, 11) is -3.51. The van der Waals surface area contributed by atoms with Crippen LogP contribution in [0.3, 0.4) is 0 Å². The van der Waals surface area contributed by atoms with E-state index >= 15 is 0 Å². The molecule has 0 aliphatic heterocycles. The Hall–Kier alpha value is -3.62. The number of sulfone groups is 1. The van der Waals surface area contributed by atoms with Gasteiger partial charge in [-0.05, 0) is 74.5 Å². The van der Waals surface area contributed by atoms with Crippen molar-refractivity contribution in [3.8, 4) is 22.7 Å². The molecule has 0 saturated heterocycles. The molecule has 0 radical (unpaired) electrons. The van der Waals surface area contributed by atoms with E-state index in [9.17, 15) is 17.6 Å². The molecule has 192 valence electrons. The van der Waals surface area contributed by atoms with E-state index in [2.05, 4.69) is 0 Å². The minimum Gasteiger partial charge on any atom is -0.488 e. The smallest absolute Gasteiger partial charge is 0.338 e. The van der Waals surface area contributed by atoms with E-state index in [1.165, 1.54) is 24.3 Å². The summed E-state index contributed by atoms with van der Waals surface area (Å²) < 4.78 is 51.3. The number of carbonyl (C=O) groups excluding carboxylic acids is 1. The molecule has 9 heteroatoms. The molecule has 37 heavy (non-hydrogen) atoms. The molecule has 0 N–H and O–H groups in total. The topological polar surface area (TPSA) is 74.6 Å². The highest BCUT2D eigenvalue weighted by Crippen LogP contribution is 2.36. The maximum Gasteiger partial charge on any atom is 0.338 e. The van der Waals surface area contributed by atoms with Gasteiger partial charge in [0.15, 0.2) is 9.84 Å². The summed E-state index contributed by atoms with van der Waals surface area (Å²) in [6.07, 6.45) is 1.14. The second-order valence-electron chi connectivity index (χ2n) is 8.42. The first kappa shape index (κ1) is 26.4.